The summed E-state index contributed by atoms with van der Waals surface area (Å²) in [5.74, 6) is 5.55. The zero-order valence-corrected chi connectivity index (χ0v) is 66.7. The van der Waals surface area contributed by atoms with Crippen LogP contribution in [-0.4, -0.2) is 76.7 Å². The summed E-state index contributed by atoms with van der Waals surface area (Å²) in [7, 11) is -0.666. The van der Waals surface area contributed by atoms with Crippen LogP contribution in [0.15, 0.2) is 237 Å². The van der Waals surface area contributed by atoms with Gasteiger partial charge in [-0.05, 0) is 211 Å². The Labute approximate surface area is 638 Å². The molecule has 0 saturated heterocycles. The lowest BCUT2D eigenvalue weighted by Crippen LogP contribution is -2.13. The number of nitrogens with zero attached hydrogens (tertiary/aromatic N) is 1. The van der Waals surface area contributed by atoms with Crippen molar-refractivity contribution in [2.24, 2.45) is 11.8 Å². The van der Waals surface area contributed by atoms with Crippen molar-refractivity contribution in [3.05, 3.63) is 281 Å². The number of carbonyl (C=O) groups excluding carboxylic acids is 2. The van der Waals surface area contributed by atoms with Crippen LogP contribution in [0.3, 0.4) is 0 Å². The summed E-state index contributed by atoms with van der Waals surface area (Å²) in [5, 5.41) is 8.98. The van der Waals surface area contributed by atoms with E-state index >= 15 is 0 Å². The van der Waals surface area contributed by atoms with Crippen LogP contribution in [0.4, 0.5) is 0 Å². The Morgan fingerprint density at radius 3 is 1.28 bits per heavy atom. The molecule has 0 fully saturated rings. The van der Waals surface area contributed by atoms with E-state index in [2.05, 4.69) is 181 Å². The topological polar surface area (TPSA) is 132 Å². The molecule has 0 aliphatic rings. The van der Waals surface area contributed by atoms with Crippen LogP contribution < -0.4 is 23.7 Å². The highest BCUT2D eigenvalue weighted by atomic mass is 28.2. The highest BCUT2D eigenvalue weighted by Crippen LogP contribution is 2.38. The molecule has 0 aliphatic carbocycles. The molecular formula is C93H115NO10Si2. The van der Waals surface area contributed by atoms with Crippen molar-refractivity contribution in [1.29, 1.82) is 5.26 Å². The Kier molecular flexibility index (Phi) is 37.8. The average Bonchev–Trinajstić information content (AvgIpc) is 0.837. The molecule has 0 radical (unpaired) electrons. The molecule has 6 atom stereocenters. The molecule has 9 rings (SSSR count). The molecule has 9 aromatic carbocycles. The van der Waals surface area contributed by atoms with Crippen LogP contribution in [0.1, 0.15) is 209 Å². The molecule has 6 unspecified atom stereocenters. The van der Waals surface area contributed by atoms with Crippen molar-refractivity contribution >= 4 is 31.0 Å². The fourth-order valence-electron chi connectivity index (χ4n) is 13.7. The Balaban J connectivity index is 0.000000287. The van der Waals surface area contributed by atoms with E-state index in [-0.39, 0.29) is 22.9 Å². The van der Waals surface area contributed by atoms with Crippen molar-refractivity contribution in [2.75, 3.05) is 45.7 Å². The third-order valence-corrected chi connectivity index (χ3v) is 23.1. The predicted octanol–water partition coefficient (Wildman–Crippen LogP) is 22.0. The van der Waals surface area contributed by atoms with E-state index in [1.165, 1.54) is 92.1 Å². The quantitative estimate of drug-likeness (QED) is 0.0119. The molecule has 106 heavy (non-hydrogen) atoms. The Morgan fingerprint density at radius 2 is 0.830 bits per heavy atom. The number of carbonyl (C=O) groups is 2. The van der Waals surface area contributed by atoms with Gasteiger partial charge in [-0.2, -0.15) is 5.26 Å². The first kappa shape index (κ1) is 82.8. The number of nitriles is 1. The second-order valence-corrected chi connectivity index (χ2v) is 31.7. The first-order chi connectivity index (χ1) is 52.0. The predicted molar refractivity (Wildman–Crippen MR) is 438 cm³/mol. The number of benzene rings is 9. The smallest absolute Gasteiger partial charge is 0.343 e. The normalized spacial score (nSPS) is 13.0. The van der Waals surface area contributed by atoms with Gasteiger partial charge >= 0.3 is 11.9 Å². The lowest BCUT2D eigenvalue weighted by Gasteiger charge is -2.26. The lowest BCUT2D eigenvalue weighted by atomic mass is 9.80. The number of rotatable bonds is 47. The average molecular weight is 1460 g/mol. The SMILES string of the molecule is CCC(CC(CCC[SiH2]COCCOc1ccc(-c2ccc(C#N)cc2)cc1)CC(C)c1ccccc1)c1ccccc1.CCCCOc1ccc(C(=O)Oc2ccc(OC(=O)c3ccc(OCCCC)cc3)c(COCOC[SiH2]CCCC(CC(C)c3ccccc3)CC(CC)c3ccccc3)c2)cc1. The zero-order valence-electron chi connectivity index (χ0n) is 63.9. The molecule has 0 saturated carbocycles. The molecule has 560 valence electrons. The van der Waals surface area contributed by atoms with E-state index in [1.807, 2.05) is 36.4 Å². The largest absolute Gasteiger partial charge is 0.494 e. The van der Waals surface area contributed by atoms with E-state index in [0.29, 0.717) is 107 Å². The Bertz CT molecular complexity index is 3900. The van der Waals surface area contributed by atoms with Gasteiger partial charge in [0.25, 0.3) is 0 Å². The van der Waals surface area contributed by atoms with Gasteiger partial charge in [0.05, 0.1) is 68.2 Å². The summed E-state index contributed by atoms with van der Waals surface area (Å²) in [6.45, 7) is 16.3. The monoisotopic (exact) mass is 1460 g/mol. The minimum absolute atomic E-state index is 0.0881. The van der Waals surface area contributed by atoms with Crippen molar-refractivity contribution in [1.82, 2.24) is 0 Å². The third-order valence-electron chi connectivity index (χ3n) is 20.0. The van der Waals surface area contributed by atoms with Gasteiger partial charge in [-0.15, -0.1) is 0 Å². The summed E-state index contributed by atoms with van der Waals surface area (Å²) in [4.78, 5) is 26.4. The zero-order chi connectivity index (χ0) is 74.6. The molecule has 9 aromatic rings. The van der Waals surface area contributed by atoms with Gasteiger partial charge in [-0.1, -0.05) is 238 Å². The van der Waals surface area contributed by atoms with Crippen LogP contribution in [0.5, 0.6) is 28.7 Å². The van der Waals surface area contributed by atoms with Gasteiger partial charge in [0.1, 0.15) is 42.1 Å². The van der Waals surface area contributed by atoms with Crippen molar-refractivity contribution in [3.8, 4) is 45.9 Å². The highest BCUT2D eigenvalue weighted by Gasteiger charge is 2.23. The van der Waals surface area contributed by atoms with E-state index in [1.54, 1.807) is 66.7 Å². The van der Waals surface area contributed by atoms with Gasteiger partial charge in [-0.3, -0.25) is 0 Å². The van der Waals surface area contributed by atoms with E-state index in [9.17, 15) is 9.59 Å². The Hall–Kier alpha value is -8.88. The van der Waals surface area contributed by atoms with E-state index in [4.69, 9.17) is 43.2 Å². The lowest BCUT2D eigenvalue weighted by molar-refractivity contribution is -0.0473. The summed E-state index contributed by atoms with van der Waals surface area (Å²) in [5.41, 5.74) is 10.0. The number of hydrogen-bond donors (Lipinski definition) is 0. The van der Waals surface area contributed by atoms with Crippen LogP contribution in [0.25, 0.3) is 11.1 Å². The molecular weight excluding hydrogens is 1350 g/mol. The standard InChI is InChI=1S/C54H68O8Si.C39H47NO2Si/c1-5-8-32-59-49-26-22-46(23-27-49)53(55)61-51-30-31-52(62-54(56)47-24-28-50(29-25-47)60-33-9-6-2)48(37-51)38-57-39-58-40-63-34-16-17-42(35-41(4)44-18-12-10-13-19-44)36-43(7-3)45-20-14-11-15-21-45;1-3-34(36-14-8-5-9-15-36)28-33(27-31(2)35-12-6-4-7-13-35)11-10-26-43-30-41-24-25-42-39-22-20-38(21-23-39)37-18-16-32(29-40)17-19-37/h10-15,18-31,37,41-43H,5-9,16-17,32-36,38-40,63H2,1-4H3;4-9,12-23,31,33-34H,3,10-11,24-28,30,43H2,1-2H3. The molecule has 0 spiro atoms. The van der Waals surface area contributed by atoms with Gasteiger partial charge in [0.2, 0.25) is 0 Å². The summed E-state index contributed by atoms with van der Waals surface area (Å²) in [6, 6.07) is 83.2. The first-order valence-corrected chi connectivity index (χ1v) is 43.2. The maximum absolute atomic E-state index is 13.3. The molecule has 0 bridgehead atoms. The van der Waals surface area contributed by atoms with Crippen molar-refractivity contribution < 1.29 is 47.5 Å². The van der Waals surface area contributed by atoms with Crippen LogP contribution >= 0.6 is 0 Å². The maximum atomic E-state index is 13.3. The van der Waals surface area contributed by atoms with E-state index < -0.39 is 21.5 Å². The summed E-state index contributed by atoms with van der Waals surface area (Å²) >= 11 is 0. The molecule has 11 nitrogen and oxygen atoms in total. The third kappa shape index (κ3) is 29.8. The molecule has 0 aliphatic heterocycles. The van der Waals surface area contributed by atoms with Gasteiger partial charge in [0.15, 0.2) is 0 Å². The molecule has 0 heterocycles. The minimum Gasteiger partial charge on any atom is -0.494 e. The van der Waals surface area contributed by atoms with Crippen molar-refractivity contribution in [3.63, 3.8) is 0 Å². The molecule has 0 amide bonds. The fourth-order valence-corrected chi connectivity index (χ4v) is 16.2. The van der Waals surface area contributed by atoms with Gasteiger partial charge < -0.3 is 37.9 Å². The van der Waals surface area contributed by atoms with Gasteiger partial charge in [-0.25, -0.2) is 9.59 Å². The van der Waals surface area contributed by atoms with Crippen LogP contribution in [-0.2, 0) is 20.8 Å². The second-order valence-electron chi connectivity index (χ2n) is 28.1. The number of ether oxygens (including phenoxy) is 8. The fraction of sp³-hybridized carbons (Fsp3) is 0.387. The maximum Gasteiger partial charge on any atom is 0.343 e. The molecule has 13 heteroatoms. The number of hydrogen-bond acceptors (Lipinski definition) is 11. The van der Waals surface area contributed by atoms with E-state index in [0.717, 1.165) is 61.1 Å². The minimum atomic E-state index is -0.522. The van der Waals surface area contributed by atoms with Crippen LogP contribution in [0.2, 0.25) is 12.1 Å². The summed E-state index contributed by atoms with van der Waals surface area (Å²) < 4.78 is 46.9. The summed E-state index contributed by atoms with van der Waals surface area (Å²) in [6.07, 6.45) is 18.0. The Morgan fingerprint density at radius 1 is 0.415 bits per heavy atom. The van der Waals surface area contributed by atoms with Gasteiger partial charge in [0, 0.05) is 18.0 Å². The molecule has 0 N–H and O–H groups in total. The second kappa shape index (κ2) is 48.4. The molecule has 0 aromatic heterocycles. The van der Waals surface area contributed by atoms with Crippen LogP contribution in [0, 0.1) is 23.2 Å². The number of unbranched alkanes of at least 4 members (excludes halogenated alkanes) is 2. The van der Waals surface area contributed by atoms with Crippen molar-refractivity contribution in [2.45, 2.75) is 174 Å². The highest BCUT2D eigenvalue weighted by molar-refractivity contribution is 6.35. The number of esters is 2. The first-order valence-electron chi connectivity index (χ1n) is 39.2.